The van der Waals surface area contributed by atoms with Crippen LogP contribution < -0.4 is 26.0 Å². The van der Waals surface area contributed by atoms with Crippen molar-refractivity contribution in [3.63, 3.8) is 0 Å². The number of aliphatic carboxylic acids is 3. The first-order chi connectivity index (χ1) is 10.8. The number of H-pyrrole nitrogens is 1. The maximum atomic E-state index is 11.1. The highest BCUT2D eigenvalue weighted by atomic mass is 16.4. The van der Waals surface area contributed by atoms with Crippen LogP contribution in [0.3, 0.4) is 0 Å². The number of aromatic nitrogens is 2. The predicted octanol–water partition coefficient (Wildman–Crippen LogP) is -7.16. The van der Waals surface area contributed by atoms with E-state index in [1.165, 1.54) is 24.8 Å². The molecule has 3 atom stereocenters. The molecule has 1 aromatic heterocycles. The Bertz CT molecular complexity index is 533. The van der Waals surface area contributed by atoms with E-state index in [1.54, 1.807) is 0 Å². The summed E-state index contributed by atoms with van der Waals surface area (Å²) in [5.41, 5.74) is 0.615. The molecule has 0 aromatic carbocycles. The minimum atomic E-state index is -1.41. The number of carboxylic acids is 3. The van der Waals surface area contributed by atoms with Gasteiger partial charge in [-0.05, 0) is 6.92 Å². The topological polar surface area (TPSA) is 182 Å². The number of rotatable bonds is 11. The number of nitrogens with two attached hydrogens (primary N) is 2. The van der Waals surface area contributed by atoms with Gasteiger partial charge in [0.15, 0.2) is 0 Å². The molecule has 0 amide bonds. The smallest absolute Gasteiger partial charge is 0.132 e. The molecule has 1 rings (SSSR count). The van der Waals surface area contributed by atoms with Crippen molar-refractivity contribution in [3.8, 4) is 0 Å². The summed E-state index contributed by atoms with van der Waals surface area (Å²) in [7, 11) is 0. The van der Waals surface area contributed by atoms with E-state index in [2.05, 4.69) is 9.97 Å². The van der Waals surface area contributed by atoms with Gasteiger partial charge in [0.2, 0.25) is 0 Å². The molecule has 0 saturated carbocycles. The van der Waals surface area contributed by atoms with Gasteiger partial charge in [0.25, 0.3) is 0 Å². The van der Waals surface area contributed by atoms with Crippen LogP contribution in [0.15, 0.2) is 12.5 Å². The number of nitrogens with one attached hydrogen (secondary N) is 1. The van der Waals surface area contributed by atoms with Crippen LogP contribution in [0.1, 0.15) is 19.0 Å². The Kier molecular flexibility index (Phi) is 7.16. The highest BCUT2D eigenvalue weighted by molar-refractivity contribution is 5.71. The number of quaternary nitrogens is 2. The maximum Gasteiger partial charge on any atom is 0.132 e. The van der Waals surface area contributed by atoms with E-state index in [1.807, 2.05) is 0 Å². The van der Waals surface area contributed by atoms with Gasteiger partial charge >= 0.3 is 0 Å². The summed E-state index contributed by atoms with van der Waals surface area (Å²) in [6.45, 7) is 1.46. The molecule has 1 unspecified atom stereocenters. The van der Waals surface area contributed by atoms with E-state index in [9.17, 15) is 29.7 Å². The molecule has 0 spiro atoms. The number of carbonyl (C=O) groups excluding carboxylic acids is 3. The third-order valence-corrected chi connectivity index (χ3v) is 3.42. The van der Waals surface area contributed by atoms with Crippen molar-refractivity contribution in [1.29, 1.82) is 0 Å². The second-order valence-electron chi connectivity index (χ2n) is 5.25. The van der Waals surface area contributed by atoms with Crippen LogP contribution in [0.5, 0.6) is 0 Å². The molecule has 1 aromatic rings. The van der Waals surface area contributed by atoms with Crippen molar-refractivity contribution in [3.05, 3.63) is 18.2 Å². The standard InChI is InChI=1S/C13H20N4O6/c1-7(11(18)19)17-9(12(20)21)2-3-15-10(13(22)23)4-8-5-14-6-16-8/h5-7,9-10,15,17H,2-4H2,1H3,(H,14,16)(H,18,19)(H,20,21)(H,22,23)/p-1/t7?,9-,10+/m0/s1. The van der Waals surface area contributed by atoms with E-state index >= 15 is 0 Å². The van der Waals surface area contributed by atoms with Crippen LogP contribution in [0.2, 0.25) is 0 Å². The Morgan fingerprint density at radius 1 is 1.17 bits per heavy atom. The molecule has 0 bridgehead atoms. The van der Waals surface area contributed by atoms with Crippen LogP contribution >= 0.6 is 0 Å². The Balaban J connectivity index is 2.50. The summed E-state index contributed by atoms with van der Waals surface area (Å²) < 4.78 is 0. The minimum absolute atomic E-state index is 0.0344. The lowest BCUT2D eigenvalue weighted by Crippen LogP contribution is -3.01. The van der Waals surface area contributed by atoms with Crippen LogP contribution in [-0.4, -0.2) is 52.5 Å². The molecule has 0 saturated heterocycles. The molecule has 10 heteroatoms. The average molecular weight is 327 g/mol. The largest absolute Gasteiger partial charge is 0.544 e. The van der Waals surface area contributed by atoms with Gasteiger partial charge in [-0.2, -0.15) is 0 Å². The zero-order valence-corrected chi connectivity index (χ0v) is 12.6. The average Bonchev–Trinajstić information content (AvgIpc) is 2.97. The second kappa shape index (κ2) is 8.86. The van der Waals surface area contributed by atoms with Crippen LogP contribution in [0, 0.1) is 0 Å². The Morgan fingerprint density at radius 3 is 2.30 bits per heavy atom. The lowest BCUT2D eigenvalue weighted by atomic mass is 10.1. The molecule has 128 valence electrons. The van der Waals surface area contributed by atoms with Gasteiger partial charge in [0, 0.05) is 18.3 Å². The summed E-state index contributed by atoms with van der Waals surface area (Å²) >= 11 is 0. The zero-order chi connectivity index (χ0) is 17.4. The maximum absolute atomic E-state index is 11.1. The molecular weight excluding hydrogens is 308 g/mol. The van der Waals surface area contributed by atoms with Crippen LogP contribution in [0.25, 0.3) is 0 Å². The Morgan fingerprint density at radius 2 is 1.83 bits per heavy atom. The first-order valence-electron chi connectivity index (χ1n) is 7.09. The van der Waals surface area contributed by atoms with E-state index in [0.29, 0.717) is 5.69 Å². The molecule has 1 heterocycles. The zero-order valence-electron chi connectivity index (χ0n) is 12.6. The van der Waals surface area contributed by atoms with E-state index in [4.69, 9.17) is 0 Å². The number of imidazole rings is 1. The summed E-state index contributed by atoms with van der Waals surface area (Å²) in [6, 6.07) is -3.05. The van der Waals surface area contributed by atoms with Gasteiger partial charge in [-0.1, -0.05) is 0 Å². The van der Waals surface area contributed by atoms with Gasteiger partial charge in [0.1, 0.15) is 18.1 Å². The number of carbonyl (C=O) groups is 3. The van der Waals surface area contributed by atoms with Crippen molar-refractivity contribution in [2.24, 2.45) is 0 Å². The monoisotopic (exact) mass is 327 g/mol. The highest BCUT2D eigenvalue weighted by Crippen LogP contribution is 1.94. The quantitative estimate of drug-likeness (QED) is 0.360. The van der Waals surface area contributed by atoms with Crippen molar-refractivity contribution in [1.82, 2.24) is 9.97 Å². The predicted molar refractivity (Wildman–Crippen MR) is 67.7 cm³/mol. The third-order valence-electron chi connectivity index (χ3n) is 3.42. The normalized spacial score (nSPS) is 14.8. The first kappa shape index (κ1) is 18.6. The lowest BCUT2D eigenvalue weighted by molar-refractivity contribution is -0.723. The lowest BCUT2D eigenvalue weighted by Gasteiger charge is -2.22. The highest BCUT2D eigenvalue weighted by Gasteiger charge is 2.21. The molecule has 0 aliphatic heterocycles. The van der Waals surface area contributed by atoms with Crippen molar-refractivity contribution in [2.45, 2.75) is 37.9 Å². The molecular formula is C13H19N4O6-. The van der Waals surface area contributed by atoms with E-state index in [0.717, 1.165) is 5.32 Å². The van der Waals surface area contributed by atoms with Crippen LogP contribution in [-0.2, 0) is 20.8 Å². The molecule has 0 aliphatic carbocycles. The molecule has 10 nitrogen and oxygen atoms in total. The number of nitrogens with zero attached hydrogens (tertiary/aromatic N) is 1. The minimum Gasteiger partial charge on any atom is -0.544 e. The number of aromatic amines is 1. The summed E-state index contributed by atoms with van der Waals surface area (Å²) in [5.74, 6) is -4.08. The second-order valence-corrected chi connectivity index (χ2v) is 5.25. The fourth-order valence-corrected chi connectivity index (χ4v) is 2.09. The molecule has 0 radical (unpaired) electrons. The van der Waals surface area contributed by atoms with E-state index in [-0.39, 0.29) is 19.4 Å². The Labute approximate surface area is 131 Å². The van der Waals surface area contributed by atoms with Crippen molar-refractivity contribution >= 4 is 17.9 Å². The SMILES string of the molecule is CC([NH2+][C@@H](CC[NH2+][C@H](Cc1cnc[nH]1)C(=O)[O-])C(=O)[O-])C(=O)[O-]. The Hall–Kier alpha value is -2.46. The molecule has 0 fully saturated rings. The number of hydrogen-bond acceptors (Lipinski definition) is 7. The number of carboxylic acid groups (broad SMARTS) is 3. The fraction of sp³-hybridized carbons (Fsp3) is 0.538. The molecule has 23 heavy (non-hydrogen) atoms. The third kappa shape index (κ3) is 6.45. The summed E-state index contributed by atoms with van der Waals surface area (Å²) in [6.07, 6.45) is 3.09. The summed E-state index contributed by atoms with van der Waals surface area (Å²) in [4.78, 5) is 39.3. The fourth-order valence-electron chi connectivity index (χ4n) is 2.09. The van der Waals surface area contributed by atoms with Gasteiger partial charge in [-0.15, -0.1) is 0 Å². The van der Waals surface area contributed by atoms with Crippen molar-refractivity contribution in [2.75, 3.05) is 6.54 Å². The van der Waals surface area contributed by atoms with E-state index < -0.39 is 36.0 Å². The van der Waals surface area contributed by atoms with Gasteiger partial charge in [0.05, 0.1) is 37.2 Å². The van der Waals surface area contributed by atoms with Gasteiger partial charge < -0.3 is 45.3 Å². The number of hydrogen-bond donors (Lipinski definition) is 3. The van der Waals surface area contributed by atoms with Crippen molar-refractivity contribution < 1.29 is 40.3 Å². The van der Waals surface area contributed by atoms with Gasteiger partial charge in [-0.25, -0.2) is 4.98 Å². The molecule has 0 aliphatic rings. The molecule has 5 N–H and O–H groups in total. The summed E-state index contributed by atoms with van der Waals surface area (Å²) in [5, 5.41) is 35.3. The van der Waals surface area contributed by atoms with Crippen LogP contribution in [0.4, 0.5) is 0 Å². The first-order valence-corrected chi connectivity index (χ1v) is 7.09. The van der Waals surface area contributed by atoms with Gasteiger partial charge in [-0.3, -0.25) is 0 Å².